The van der Waals surface area contributed by atoms with Crippen LogP contribution in [0.4, 0.5) is 19.0 Å². The van der Waals surface area contributed by atoms with E-state index in [0.29, 0.717) is 36.9 Å². The lowest BCUT2D eigenvalue weighted by Crippen LogP contribution is -2.41. The molecule has 0 radical (unpaired) electrons. The van der Waals surface area contributed by atoms with E-state index in [0.717, 1.165) is 47.5 Å². The number of halogens is 3. The molecule has 1 atom stereocenters. The van der Waals surface area contributed by atoms with Crippen molar-refractivity contribution < 1.29 is 22.3 Å². The van der Waals surface area contributed by atoms with Gasteiger partial charge in [0.25, 0.3) is 0 Å². The van der Waals surface area contributed by atoms with Gasteiger partial charge in [-0.25, -0.2) is 9.97 Å². The summed E-state index contributed by atoms with van der Waals surface area (Å²) < 4.78 is 53.5. The smallest absolute Gasteiger partial charge is 0.416 e. The molecule has 1 N–H and O–H groups in total. The number of hydrogen-bond donors (Lipinski definition) is 1. The number of furan rings is 1. The summed E-state index contributed by atoms with van der Waals surface area (Å²) in [6, 6.07) is 18.7. The number of morpholine rings is 1. The van der Waals surface area contributed by atoms with Crippen molar-refractivity contribution in [3.05, 3.63) is 96.8 Å². The summed E-state index contributed by atoms with van der Waals surface area (Å²) in [6.45, 7) is 3.34. The number of aromatic nitrogens is 3. The van der Waals surface area contributed by atoms with E-state index in [9.17, 15) is 13.2 Å². The Morgan fingerprint density at radius 3 is 2.51 bits per heavy atom. The van der Waals surface area contributed by atoms with Gasteiger partial charge >= 0.3 is 6.18 Å². The van der Waals surface area contributed by atoms with Crippen LogP contribution in [0.1, 0.15) is 17.4 Å². The van der Waals surface area contributed by atoms with Crippen molar-refractivity contribution in [3.8, 4) is 16.8 Å². The van der Waals surface area contributed by atoms with Crippen molar-refractivity contribution in [1.29, 1.82) is 0 Å². The van der Waals surface area contributed by atoms with Crippen LogP contribution in [0.2, 0.25) is 0 Å². The van der Waals surface area contributed by atoms with Crippen molar-refractivity contribution in [2.75, 3.05) is 38.2 Å². The molecule has 0 aliphatic carbocycles. The molecule has 0 unspecified atom stereocenters. The molecule has 39 heavy (non-hydrogen) atoms. The molecule has 10 heteroatoms. The molecule has 4 heterocycles. The summed E-state index contributed by atoms with van der Waals surface area (Å²) >= 11 is 0. The lowest BCUT2D eigenvalue weighted by molar-refractivity contribution is -0.137. The molecule has 2 aromatic carbocycles. The predicted molar refractivity (Wildman–Crippen MR) is 142 cm³/mol. The Morgan fingerprint density at radius 2 is 1.77 bits per heavy atom. The Morgan fingerprint density at radius 1 is 0.949 bits per heavy atom. The molecule has 5 aromatic rings. The lowest BCUT2D eigenvalue weighted by Gasteiger charge is -2.33. The predicted octanol–water partition coefficient (Wildman–Crippen LogP) is 6.18. The maximum atomic E-state index is 13.5. The van der Waals surface area contributed by atoms with E-state index in [-0.39, 0.29) is 6.04 Å². The van der Waals surface area contributed by atoms with Crippen molar-refractivity contribution in [2.24, 2.45) is 0 Å². The van der Waals surface area contributed by atoms with E-state index in [1.807, 2.05) is 48.7 Å². The van der Waals surface area contributed by atoms with Crippen molar-refractivity contribution >= 4 is 16.9 Å². The first-order chi connectivity index (χ1) is 19.0. The van der Waals surface area contributed by atoms with E-state index < -0.39 is 11.7 Å². The summed E-state index contributed by atoms with van der Waals surface area (Å²) in [6.07, 6.45) is 0.457. The second-order valence-corrected chi connectivity index (χ2v) is 9.31. The fourth-order valence-corrected chi connectivity index (χ4v) is 5.03. The molecule has 1 fully saturated rings. The SMILES string of the molecule is FC(F)(F)c1cccc(-n2cc(-c3ccccc3)c3c(NC[C@H](c4ccco4)N4CCOCC4)ncnc32)c1. The van der Waals surface area contributed by atoms with Gasteiger partial charge in [0, 0.05) is 37.1 Å². The number of ether oxygens (including phenoxy) is 1. The summed E-state index contributed by atoms with van der Waals surface area (Å²) in [5.41, 5.74) is 1.87. The van der Waals surface area contributed by atoms with Crippen LogP contribution in [0.3, 0.4) is 0 Å². The first-order valence-corrected chi connectivity index (χ1v) is 12.7. The molecule has 0 saturated carbocycles. The number of benzene rings is 2. The highest BCUT2D eigenvalue weighted by Gasteiger charge is 2.31. The number of rotatable bonds is 7. The fourth-order valence-electron chi connectivity index (χ4n) is 5.03. The van der Waals surface area contributed by atoms with Crippen LogP contribution < -0.4 is 5.32 Å². The van der Waals surface area contributed by atoms with Gasteiger partial charge in [0.15, 0.2) is 5.65 Å². The van der Waals surface area contributed by atoms with Gasteiger partial charge in [0.05, 0.1) is 36.5 Å². The Balaban J connectivity index is 1.43. The van der Waals surface area contributed by atoms with Crippen molar-refractivity contribution in [3.63, 3.8) is 0 Å². The van der Waals surface area contributed by atoms with E-state index in [1.54, 1.807) is 16.9 Å². The van der Waals surface area contributed by atoms with E-state index in [1.165, 1.54) is 12.4 Å². The third-order valence-electron chi connectivity index (χ3n) is 6.94. The standard InChI is InChI=1S/C29H26F3N5O2/c30-29(31,32)21-8-4-9-22(16-21)37-18-23(20-6-2-1-3-7-20)26-27(34-19-35-28(26)37)33-17-24(25-10-5-13-39-25)36-11-14-38-15-12-36/h1-10,13,16,18-19,24H,11-12,14-15,17H2,(H,33,34,35)/t24-/m1/s1. The molecule has 0 spiro atoms. The Kier molecular flexibility index (Phi) is 6.80. The van der Waals surface area contributed by atoms with Gasteiger partial charge < -0.3 is 19.0 Å². The zero-order valence-electron chi connectivity index (χ0n) is 20.9. The number of alkyl halides is 3. The zero-order chi connectivity index (χ0) is 26.8. The van der Waals surface area contributed by atoms with E-state index >= 15 is 0 Å². The molecule has 6 rings (SSSR count). The van der Waals surface area contributed by atoms with Gasteiger partial charge in [-0.1, -0.05) is 36.4 Å². The second-order valence-electron chi connectivity index (χ2n) is 9.31. The van der Waals surface area contributed by atoms with Crippen LogP contribution in [0.15, 0.2) is 89.9 Å². The highest BCUT2D eigenvalue weighted by molar-refractivity contribution is 6.02. The largest absolute Gasteiger partial charge is 0.468 e. The first kappa shape index (κ1) is 25.1. The molecular weight excluding hydrogens is 507 g/mol. The highest BCUT2D eigenvalue weighted by Crippen LogP contribution is 2.37. The van der Waals surface area contributed by atoms with Crippen LogP contribution in [0, 0.1) is 0 Å². The number of anilines is 1. The molecular formula is C29H26F3N5O2. The van der Waals surface area contributed by atoms with Gasteiger partial charge in [-0.15, -0.1) is 0 Å². The summed E-state index contributed by atoms with van der Waals surface area (Å²) in [7, 11) is 0. The minimum absolute atomic E-state index is 0.0559. The lowest BCUT2D eigenvalue weighted by atomic mass is 10.1. The summed E-state index contributed by atoms with van der Waals surface area (Å²) in [5.74, 6) is 1.42. The van der Waals surface area contributed by atoms with Crippen LogP contribution in [-0.4, -0.2) is 52.3 Å². The molecule has 1 aliphatic heterocycles. The maximum Gasteiger partial charge on any atom is 0.416 e. The molecule has 7 nitrogen and oxygen atoms in total. The Labute approximate surface area is 222 Å². The average Bonchev–Trinajstić information content (AvgIpc) is 3.63. The van der Waals surface area contributed by atoms with Crippen LogP contribution in [0.25, 0.3) is 27.8 Å². The first-order valence-electron chi connectivity index (χ1n) is 12.7. The van der Waals surface area contributed by atoms with Crippen molar-refractivity contribution in [2.45, 2.75) is 12.2 Å². The molecule has 200 valence electrons. The van der Waals surface area contributed by atoms with Crippen LogP contribution in [-0.2, 0) is 10.9 Å². The van der Waals surface area contributed by atoms with Gasteiger partial charge in [-0.05, 0) is 35.9 Å². The number of hydrogen-bond acceptors (Lipinski definition) is 6. The number of nitrogens with one attached hydrogen (secondary N) is 1. The Hall–Kier alpha value is -4.15. The minimum Gasteiger partial charge on any atom is -0.468 e. The zero-order valence-corrected chi connectivity index (χ0v) is 20.9. The van der Waals surface area contributed by atoms with Gasteiger partial charge in [0.2, 0.25) is 0 Å². The quantitative estimate of drug-likeness (QED) is 0.269. The number of nitrogens with zero attached hydrogens (tertiary/aromatic N) is 4. The highest BCUT2D eigenvalue weighted by atomic mass is 19.4. The Bertz CT molecular complexity index is 1540. The minimum atomic E-state index is -4.46. The molecule has 0 amide bonds. The third kappa shape index (κ3) is 5.13. The normalized spacial score (nSPS) is 15.5. The second kappa shape index (κ2) is 10.5. The van der Waals surface area contributed by atoms with Crippen LogP contribution >= 0.6 is 0 Å². The molecule has 0 bridgehead atoms. The third-order valence-corrected chi connectivity index (χ3v) is 6.94. The van der Waals surface area contributed by atoms with Gasteiger partial charge in [-0.3, -0.25) is 4.90 Å². The van der Waals surface area contributed by atoms with Gasteiger partial charge in [0.1, 0.15) is 17.9 Å². The van der Waals surface area contributed by atoms with Crippen LogP contribution in [0.5, 0.6) is 0 Å². The summed E-state index contributed by atoms with van der Waals surface area (Å²) in [4.78, 5) is 11.4. The number of fused-ring (bicyclic) bond motifs is 1. The average molecular weight is 534 g/mol. The van der Waals surface area contributed by atoms with Gasteiger partial charge in [-0.2, -0.15) is 13.2 Å². The molecule has 1 aliphatic rings. The molecule has 1 saturated heterocycles. The van der Waals surface area contributed by atoms with E-state index in [4.69, 9.17) is 9.15 Å². The van der Waals surface area contributed by atoms with Crippen molar-refractivity contribution in [1.82, 2.24) is 19.4 Å². The fraction of sp³-hybridized carbons (Fsp3) is 0.241. The maximum absolute atomic E-state index is 13.5. The monoisotopic (exact) mass is 533 g/mol. The molecule has 3 aromatic heterocycles. The van der Waals surface area contributed by atoms with E-state index in [2.05, 4.69) is 20.2 Å². The topological polar surface area (TPSA) is 68.4 Å². The summed E-state index contributed by atoms with van der Waals surface area (Å²) in [5, 5.41) is 4.22.